The van der Waals surface area contributed by atoms with Crippen LogP contribution in [0.5, 0.6) is 0 Å². The SMILES string of the molecule is COCC(CNc1cccc(C#N)c1[N+](=O)[O-])OC. The number of nitro benzene ring substituents is 1. The van der Waals surface area contributed by atoms with Crippen LogP contribution in [0.2, 0.25) is 0 Å². The average Bonchev–Trinajstić information content (AvgIpc) is 2.42. The molecule has 0 bridgehead atoms. The fourth-order valence-electron chi connectivity index (χ4n) is 1.59. The Morgan fingerprint density at radius 1 is 1.53 bits per heavy atom. The van der Waals surface area contributed by atoms with E-state index in [1.165, 1.54) is 13.2 Å². The molecule has 0 aliphatic carbocycles. The molecule has 1 rings (SSSR count). The smallest absolute Gasteiger partial charge is 0.309 e. The molecule has 0 heterocycles. The van der Waals surface area contributed by atoms with Gasteiger partial charge in [-0.2, -0.15) is 5.26 Å². The monoisotopic (exact) mass is 265 g/mol. The zero-order valence-electron chi connectivity index (χ0n) is 10.8. The van der Waals surface area contributed by atoms with E-state index in [0.29, 0.717) is 18.8 Å². The van der Waals surface area contributed by atoms with Gasteiger partial charge in [-0.1, -0.05) is 6.07 Å². The van der Waals surface area contributed by atoms with Gasteiger partial charge in [0.15, 0.2) is 0 Å². The molecule has 0 aliphatic rings. The van der Waals surface area contributed by atoms with Crippen LogP contribution in [-0.4, -0.2) is 38.4 Å². The molecule has 19 heavy (non-hydrogen) atoms. The zero-order valence-corrected chi connectivity index (χ0v) is 10.8. The Morgan fingerprint density at radius 3 is 2.79 bits per heavy atom. The lowest BCUT2D eigenvalue weighted by atomic mass is 10.1. The number of hydrogen-bond donors (Lipinski definition) is 1. The average molecular weight is 265 g/mol. The number of para-hydroxylation sites is 1. The first kappa shape index (κ1) is 14.9. The van der Waals surface area contributed by atoms with Gasteiger partial charge in [-0.25, -0.2) is 0 Å². The van der Waals surface area contributed by atoms with Gasteiger partial charge >= 0.3 is 5.69 Å². The number of rotatable bonds is 7. The Balaban J connectivity index is 2.89. The fourth-order valence-corrected chi connectivity index (χ4v) is 1.59. The summed E-state index contributed by atoms with van der Waals surface area (Å²) >= 11 is 0. The lowest BCUT2D eigenvalue weighted by Gasteiger charge is -2.15. The van der Waals surface area contributed by atoms with Gasteiger partial charge in [0.2, 0.25) is 0 Å². The molecule has 0 saturated heterocycles. The first-order valence-corrected chi connectivity index (χ1v) is 5.57. The molecule has 0 aromatic heterocycles. The number of methoxy groups -OCH3 is 2. The van der Waals surface area contributed by atoms with Gasteiger partial charge in [0, 0.05) is 20.8 Å². The third-order valence-electron chi connectivity index (χ3n) is 2.55. The number of anilines is 1. The standard InChI is InChI=1S/C12H15N3O4/c1-18-8-10(19-2)7-14-11-5-3-4-9(6-13)12(11)15(16)17/h3-5,10,14H,7-8H2,1-2H3. The molecule has 0 saturated carbocycles. The van der Waals surface area contributed by atoms with Crippen molar-refractivity contribution in [2.24, 2.45) is 0 Å². The number of nitro groups is 1. The number of benzene rings is 1. The van der Waals surface area contributed by atoms with Crippen molar-refractivity contribution in [1.82, 2.24) is 0 Å². The van der Waals surface area contributed by atoms with Crippen LogP contribution in [0.3, 0.4) is 0 Å². The molecule has 0 radical (unpaired) electrons. The minimum absolute atomic E-state index is 0.0238. The van der Waals surface area contributed by atoms with Crippen molar-refractivity contribution < 1.29 is 14.4 Å². The van der Waals surface area contributed by atoms with Crippen molar-refractivity contribution in [2.45, 2.75) is 6.10 Å². The zero-order chi connectivity index (χ0) is 14.3. The topological polar surface area (TPSA) is 97.4 Å². The predicted molar refractivity (Wildman–Crippen MR) is 69.0 cm³/mol. The molecule has 1 aromatic rings. The van der Waals surface area contributed by atoms with Gasteiger partial charge in [-0.05, 0) is 12.1 Å². The van der Waals surface area contributed by atoms with Gasteiger partial charge in [-0.3, -0.25) is 10.1 Å². The summed E-state index contributed by atoms with van der Waals surface area (Å²) in [4.78, 5) is 10.4. The van der Waals surface area contributed by atoms with Crippen LogP contribution in [0.4, 0.5) is 11.4 Å². The summed E-state index contributed by atoms with van der Waals surface area (Å²) in [7, 11) is 3.08. The van der Waals surface area contributed by atoms with E-state index in [9.17, 15) is 10.1 Å². The minimum atomic E-state index is -0.570. The molecule has 1 aromatic carbocycles. The van der Waals surface area contributed by atoms with E-state index in [1.54, 1.807) is 25.3 Å². The van der Waals surface area contributed by atoms with Gasteiger partial charge in [0.05, 0.1) is 17.6 Å². The van der Waals surface area contributed by atoms with E-state index in [0.717, 1.165) is 0 Å². The van der Waals surface area contributed by atoms with Crippen LogP contribution < -0.4 is 5.32 Å². The number of nitrogens with zero attached hydrogens (tertiary/aromatic N) is 2. The maximum atomic E-state index is 11.0. The summed E-state index contributed by atoms with van der Waals surface area (Å²) in [6, 6.07) is 6.36. The van der Waals surface area contributed by atoms with E-state index in [2.05, 4.69) is 5.32 Å². The molecule has 1 atom stereocenters. The maximum Gasteiger partial charge on any atom is 0.309 e. The van der Waals surface area contributed by atoms with Crippen molar-refractivity contribution in [2.75, 3.05) is 32.7 Å². The highest BCUT2D eigenvalue weighted by atomic mass is 16.6. The lowest BCUT2D eigenvalue weighted by Crippen LogP contribution is -2.26. The fraction of sp³-hybridized carbons (Fsp3) is 0.417. The molecule has 0 spiro atoms. The number of hydrogen-bond acceptors (Lipinski definition) is 6. The van der Waals surface area contributed by atoms with E-state index in [-0.39, 0.29) is 17.4 Å². The summed E-state index contributed by atoms with van der Waals surface area (Å²) in [5.41, 5.74) is 0.0928. The van der Waals surface area contributed by atoms with Crippen molar-refractivity contribution >= 4 is 11.4 Å². The second-order valence-electron chi connectivity index (χ2n) is 3.76. The van der Waals surface area contributed by atoms with Gasteiger partial charge in [0.25, 0.3) is 0 Å². The van der Waals surface area contributed by atoms with E-state index in [4.69, 9.17) is 14.7 Å². The third-order valence-corrected chi connectivity index (χ3v) is 2.55. The van der Waals surface area contributed by atoms with Crippen LogP contribution in [-0.2, 0) is 9.47 Å². The van der Waals surface area contributed by atoms with Crippen molar-refractivity contribution in [3.63, 3.8) is 0 Å². The van der Waals surface area contributed by atoms with Crippen LogP contribution in [0.1, 0.15) is 5.56 Å². The van der Waals surface area contributed by atoms with Crippen LogP contribution in [0.25, 0.3) is 0 Å². The van der Waals surface area contributed by atoms with Crippen molar-refractivity contribution in [3.8, 4) is 6.07 Å². The highest BCUT2D eigenvalue weighted by Crippen LogP contribution is 2.27. The molecule has 102 valence electrons. The van der Waals surface area contributed by atoms with Gasteiger partial charge in [0.1, 0.15) is 17.3 Å². The minimum Gasteiger partial charge on any atom is -0.382 e. The Kier molecular flexibility index (Phi) is 5.73. The summed E-state index contributed by atoms with van der Waals surface area (Å²) in [6.45, 7) is 0.718. The second kappa shape index (κ2) is 7.31. The molecular formula is C12H15N3O4. The Labute approximate surface area is 110 Å². The Morgan fingerprint density at radius 2 is 2.26 bits per heavy atom. The first-order chi connectivity index (χ1) is 9.13. The Hall–Kier alpha value is -2.17. The van der Waals surface area contributed by atoms with Crippen molar-refractivity contribution in [3.05, 3.63) is 33.9 Å². The first-order valence-electron chi connectivity index (χ1n) is 5.57. The van der Waals surface area contributed by atoms with Gasteiger partial charge < -0.3 is 14.8 Å². The van der Waals surface area contributed by atoms with E-state index in [1.807, 2.05) is 0 Å². The van der Waals surface area contributed by atoms with Crippen LogP contribution >= 0.6 is 0 Å². The number of nitriles is 1. The molecule has 0 aliphatic heterocycles. The summed E-state index contributed by atoms with van der Waals surface area (Å²) in [5, 5.41) is 22.8. The summed E-state index contributed by atoms with van der Waals surface area (Å²) < 4.78 is 10.1. The number of nitrogens with one attached hydrogen (secondary N) is 1. The highest BCUT2D eigenvalue weighted by Gasteiger charge is 2.20. The molecule has 1 N–H and O–H groups in total. The summed E-state index contributed by atoms with van der Waals surface area (Å²) in [5.74, 6) is 0. The van der Waals surface area contributed by atoms with Gasteiger partial charge in [-0.15, -0.1) is 0 Å². The predicted octanol–water partition coefficient (Wildman–Crippen LogP) is 1.54. The quantitative estimate of drug-likeness (QED) is 0.593. The van der Waals surface area contributed by atoms with E-state index < -0.39 is 4.92 Å². The second-order valence-corrected chi connectivity index (χ2v) is 3.76. The third kappa shape index (κ3) is 3.91. The molecule has 7 nitrogen and oxygen atoms in total. The Bertz CT molecular complexity index is 484. The molecule has 1 unspecified atom stereocenters. The van der Waals surface area contributed by atoms with Crippen molar-refractivity contribution in [1.29, 1.82) is 5.26 Å². The molecule has 7 heteroatoms. The maximum absolute atomic E-state index is 11.0. The molecule has 0 amide bonds. The largest absolute Gasteiger partial charge is 0.382 e. The van der Waals surface area contributed by atoms with Crippen LogP contribution in [0, 0.1) is 21.4 Å². The number of ether oxygens (including phenoxy) is 2. The molecular weight excluding hydrogens is 250 g/mol. The highest BCUT2D eigenvalue weighted by molar-refractivity contribution is 5.68. The normalized spacial score (nSPS) is 11.6. The summed E-state index contributed by atoms with van der Waals surface area (Å²) in [6.07, 6.45) is -0.227. The molecule has 0 fully saturated rings. The van der Waals surface area contributed by atoms with Crippen LogP contribution in [0.15, 0.2) is 18.2 Å². The lowest BCUT2D eigenvalue weighted by molar-refractivity contribution is -0.384. The van der Waals surface area contributed by atoms with E-state index >= 15 is 0 Å².